The molecule has 0 aliphatic carbocycles. The second-order valence-corrected chi connectivity index (χ2v) is 5.79. The van der Waals surface area contributed by atoms with Gasteiger partial charge in [-0.1, -0.05) is 0 Å². The van der Waals surface area contributed by atoms with Crippen LogP contribution in [0.5, 0.6) is 0 Å². The molecule has 2 aromatic rings. The van der Waals surface area contributed by atoms with Crippen LogP contribution in [-0.4, -0.2) is 12.5 Å². The number of hydrogen-bond acceptors (Lipinski definition) is 4. The van der Waals surface area contributed by atoms with Crippen molar-refractivity contribution < 1.29 is 4.79 Å². The molecule has 0 spiro atoms. The topological polar surface area (TPSA) is 58.2 Å². The first-order valence-corrected chi connectivity index (χ1v) is 7.04. The zero-order valence-electron chi connectivity index (χ0n) is 11.0. The highest BCUT2D eigenvalue weighted by atomic mass is 35.5. The van der Waals surface area contributed by atoms with Gasteiger partial charge in [-0.2, -0.15) is 0 Å². The Hall–Kier alpha value is -1.43. The van der Waals surface area contributed by atoms with Crippen LogP contribution in [0.3, 0.4) is 0 Å². The number of carbonyl (C=O) groups excluding carboxylic acids is 1. The number of nitrogens with one attached hydrogen (secondary N) is 2. The Morgan fingerprint density at radius 1 is 1.40 bits per heavy atom. The van der Waals surface area contributed by atoms with Gasteiger partial charge in [-0.3, -0.25) is 9.59 Å². The molecule has 1 aromatic heterocycles. The van der Waals surface area contributed by atoms with Crippen LogP contribution < -0.4 is 16.1 Å². The normalized spacial score (nSPS) is 13.4. The highest BCUT2D eigenvalue weighted by Crippen LogP contribution is 2.26. The lowest BCUT2D eigenvalue weighted by Gasteiger charge is -2.16. The predicted molar refractivity (Wildman–Crippen MR) is 85.1 cm³/mol. The van der Waals surface area contributed by atoms with Crippen LogP contribution in [0, 0.1) is 0 Å². The van der Waals surface area contributed by atoms with Crippen LogP contribution in [0.2, 0.25) is 0 Å². The van der Waals surface area contributed by atoms with Crippen molar-refractivity contribution in [3.8, 4) is 0 Å². The van der Waals surface area contributed by atoms with Gasteiger partial charge in [-0.25, -0.2) is 0 Å². The third-order valence-electron chi connectivity index (χ3n) is 3.22. The van der Waals surface area contributed by atoms with Crippen LogP contribution >= 0.6 is 23.7 Å². The average molecular weight is 311 g/mol. The lowest BCUT2D eigenvalue weighted by atomic mass is 10.1. The summed E-state index contributed by atoms with van der Waals surface area (Å²) >= 11 is 1.68. The van der Waals surface area contributed by atoms with E-state index in [9.17, 15) is 9.59 Å². The molecule has 4 nitrogen and oxygen atoms in total. The summed E-state index contributed by atoms with van der Waals surface area (Å²) in [7, 11) is 0. The second-order valence-electron chi connectivity index (χ2n) is 4.65. The van der Waals surface area contributed by atoms with E-state index in [-0.39, 0.29) is 23.7 Å². The van der Waals surface area contributed by atoms with Gasteiger partial charge in [0.05, 0.1) is 0 Å². The molecule has 1 amide bonds. The molecule has 6 heteroatoms. The molecule has 0 saturated carbocycles. The molecule has 2 heterocycles. The van der Waals surface area contributed by atoms with E-state index in [0.717, 1.165) is 23.2 Å². The third-order valence-corrected chi connectivity index (χ3v) is 4.49. The Morgan fingerprint density at radius 3 is 2.95 bits per heavy atom. The molecule has 20 heavy (non-hydrogen) atoms. The molecule has 0 bridgehead atoms. The fourth-order valence-electron chi connectivity index (χ4n) is 2.36. The number of halogens is 1. The SMILES string of the molecule is CC(=O)Nc1ccc2sc3c(c(=O)c2c1)CNCC3.Cl. The van der Waals surface area contributed by atoms with Gasteiger partial charge in [-0.05, 0) is 24.6 Å². The standard InChI is InChI=1S/C14H14N2O2S.ClH/c1-8(17)16-9-2-3-12-10(6-9)14(18)11-7-15-5-4-13(11)19-12;/h2-3,6,15H,4-5,7H2,1H3,(H,16,17);1H. The van der Waals surface area contributed by atoms with E-state index in [1.54, 1.807) is 17.4 Å². The van der Waals surface area contributed by atoms with E-state index < -0.39 is 0 Å². The molecule has 0 radical (unpaired) electrons. The Labute approximate surface area is 126 Å². The fraction of sp³-hybridized carbons (Fsp3) is 0.286. The molecule has 0 unspecified atom stereocenters. The maximum absolute atomic E-state index is 12.5. The van der Waals surface area contributed by atoms with Gasteiger partial charge in [-0.15, -0.1) is 23.7 Å². The molecular weight excluding hydrogens is 296 g/mol. The van der Waals surface area contributed by atoms with E-state index >= 15 is 0 Å². The minimum Gasteiger partial charge on any atom is -0.326 e. The van der Waals surface area contributed by atoms with Crippen LogP contribution in [0.1, 0.15) is 17.4 Å². The summed E-state index contributed by atoms with van der Waals surface area (Å²) in [4.78, 5) is 24.7. The molecule has 1 aliphatic rings. The minimum atomic E-state index is -0.130. The molecule has 0 atom stereocenters. The molecule has 2 N–H and O–H groups in total. The summed E-state index contributed by atoms with van der Waals surface area (Å²) in [6.07, 6.45) is 0.915. The molecule has 106 valence electrons. The van der Waals surface area contributed by atoms with E-state index in [1.165, 1.54) is 11.8 Å². The van der Waals surface area contributed by atoms with Crippen LogP contribution in [0.15, 0.2) is 23.0 Å². The summed E-state index contributed by atoms with van der Waals surface area (Å²) in [5.41, 5.74) is 1.64. The van der Waals surface area contributed by atoms with Gasteiger partial charge in [0.25, 0.3) is 0 Å². The van der Waals surface area contributed by atoms with Crippen molar-refractivity contribution in [3.05, 3.63) is 38.9 Å². The van der Waals surface area contributed by atoms with E-state index in [4.69, 9.17) is 0 Å². The van der Waals surface area contributed by atoms with Gasteiger partial charge >= 0.3 is 0 Å². The predicted octanol–water partition coefficient (Wildman–Crippen LogP) is 2.29. The summed E-state index contributed by atoms with van der Waals surface area (Å²) < 4.78 is 0.986. The minimum absolute atomic E-state index is 0. The molecule has 1 aliphatic heterocycles. The molecular formula is C14H15ClN2O2S. The van der Waals surface area contributed by atoms with Gasteiger partial charge in [0.15, 0.2) is 5.43 Å². The first-order valence-electron chi connectivity index (χ1n) is 6.22. The van der Waals surface area contributed by atoms with Gasteiger partial charge in [0.2, 0.25) is 5.91 Å². The Bertz CT molecular complexity index is 727. The Kier molecular flexibility index (Phi) is 4.42. The Balaban J connectivity index is 0.00000147. The van der Waals surface area contributed by atoms with E-state index in [1.807, 2.05) is 12.1 Å². The summed E-state index contributed by atoms with van der Waals surface area (Å²) in [6, 6.07) is 5.52. The highest BCUT2D eigenvalue weighted by molar-refractivity contribution is 7.18. The van der Waals surface area contributed by atoms with Crippen LogP contribution in [0.25, 0.3) is 10.1 Å². The number of anilines is 1. The number of hydrogen-bond donors (Lipinski definition) is 2. The van der Waals surface area contributed by atoms with Gasteiger partial charge in [0.1, 0.15) is 0 Å². The molecule has 0 fully saturated rings. The zero-order valence-corrected chi connectivity index (χ0v) is 12.6. The van der Waals surface area contributed by atoms with Crippen molar-refractivity contribution >= 4 is 45.4 Å². The van der Waals surface area contributed by atoms with Crippen molar-refractivity contribution in [3.63, 3.8) is 0 Å². The van der Waals surface area contributed by atoms with Crippen molar-refractivity contribution in [2.24, 2.45) is 0 Å². The van der Waals surface area contributed by atoms with Crippen molar-refractivity contribution in [2.75, 3.05) is 11.9 Å². The number of benzene rings is 1. The molecule has 1 aromatic carbocycles. The number of carbonyl (C=O) groups is 1. The zero-order chi connectivity index (χ0) is 13.4. The quantitative estimate of drug-likeness (QED) is 0.849. The van der Waals surface area contributed by atoms with Gasteiger partial charge < -0.3 is 10.6 Å². The summed E-state index contributed by atoms with van der Waals surface area (Å²) in [5.74, 6) is -0.130. The fourth-order valence-corrected chi connectivity index (χ4v) is 3.51. The lowest BCUT2D eigenvalue weighted by Crippen LogP contribution is -2.28. The number of rotatable bonds is 1. The van der Waals surface area contributed by atoms with Crippen molar-refractivity contribution in [1.82, 2.24) is 5.32 Å². The van der Waals surface area contributed by atoms with Crippen LogP contribution in [0.4, 0.5) is 5.69 Å². The van der Waals surface area contributed by atoms with E-state index in [0.29, 0.717) is 17.6 Å². The van der Waals surface area contributed by atoms with Crippen LogP contribution in [-0.2, 0) is 17.8 Å². The third kappa shape index (κ3) is 2.70. The molecule has 0 saturated heterocycles. The maximum atomic E-state index is 12.5. The summed E-state index contributed by atoms with van der Waals surface area (Å²) in [6.45, 7) is 3.03. The van der Waals surface area contributed by atoms with Gasteiger partial charge in [0, 0.05) is 46.2 Å². The molecule has 3 rings (SSSR count). The average Bonchev–Trinajstić information content (AvgIpc) is 2.39. The largest absolute Gasteiger partial charge is 0.326 e. The smallest absolute Gasteiger partial charge is 0.221 e. The van der Waals surface area contributed by atoms with Crippen molar-refractivity contribution in [2.45, 2.75) is 19.9 Å². The van der Waals surface area contributed by atoms with Crippen molar-refractivity contribution in [1.29, 1.82) is 0 Å². The maximum Gasteiger partial charge on any atom is 0.221 e. The lowest BCUT2D eigenvalue weighted by molar-refractivity contribution is -0.114. The first-order chi connectivity index (χ1) is 9.15. The Morgan fingerprint density at radius 2 is 2.20 bits per heavy atom. The highest BCUT2D eigenvalue weighted by Gasteiger charge is 2.15. The number of fused-ring (bicyclic) bond motifs is 2. The first kappa shape index (κ1) is 15.0. The monoisotopic (exact) mass is 310 g/mol. The summed E-state index contributed by atoms with van der Waals surface area (Å²) in [5, 5.41) is 6.64. The second kappa shape index (κ2) is 5.91. The van der Waals surface area contributed by atoms with E-state index in [2.05, 4.69) is 10.6 Å². The number of amides is 1.